The lowest BCUT2D eigenvalue weighted by molar-refractivity contribution is -0.134. The molecule has 0 saturated carbocycles. The van der Waals surface area contributed by atoms with Crippen molar-refractivity contribution in [2.45, 2.75) is 6.10 Å². The molecule has 0 aromatic heterocycles. The third-order valence-corrected chi connectivity index (χ3v) is 8.54. The fraction of sp³-hybridized carbons (Fsp3) is 0.115. The molecule has 6 nitrogen and oxygen atoms in total. The number of hydrogen-bond acceptors (Lipinski definition) is 6. The zero-order valence-electron chi connectivity index (χ0n) is 19.1. The fourth-order valence-corrected chi connectivity index (χ4v) is 7.11. The fourth-order valence-electron chi connectivity index (χ4n) is 3.82. The number of carbonyl (C=O) groups excluding carboxylic acids is 1. The number of methoxy groups -OCH3 is 2. The maximum Gasteiger partial charge on any atom is 0.343 e. The summed E-state index contributed by atoms with van der Waals surface area (Å²) in [6.07, 6.45) is 0.368. The summed E-state index contributed by atoms with van der Waals surface area (Å²) in [5.41, 5.74) is 2.15. The van der Waals surface area contributed by atoms with Crippen LogP contribution in [-0.4, -0.2) is 30.4 Å². The Bertz CT molecular complexity index is 1430. The third-order valence-electron chi connectivity index (χ3n) is 5.53. The minimum absolute atomic E-state index is 0.00400. The Morgan fingerprint density at radius 1 is 0.865 bits per heavy atom. The summed E-state index contributed by atoms with van der Waals surface area (Å²) >= 11 is 17.1. The molecule has 0 aliphatic carbocycles. The number of ether oxygens (including phenoxy) is 3. The predicted octanol–water partition coefficient (Wildman–Crippen LogP) is 8.31. The van der Waals surface area contributed by atoms with E-state index in [4.69, 9.17) is 14.2 Å². The molecule has 1 aliphatic rings. The molecule has 1 heterocycles. The molecule has 3 aromatic carbocycles. The second kappa shape index (κ2) is 11.6. The smallest absolute Gasteiger partial charge is 0.343 e. The van der Waals surface area contributed by atoms with Gasteiger partial charge in [-0.15, -0.1) is 0 Å². The van der Waals surface area contributed by atoms with Gasteiger partial charge in [-0.1, -0.05) is 6.07 Å². The third kappa shape index (κ3) is 5.72. The van der Waals surface area contributed by atoms with Gasteiger partial charge in [0.15, 0.2) is 0 Å². The Morgan fingerprint density at radius 3 is 2.03 bits per heavy atom. The van der Waals surface area contributed by atoms with Crippen LogP contribution in [0, 0.1) is 0 Å². The molecule has 4 rings (SSSR count). The molecular weight excluding hydrogens is 808 g/mol. The van der Waals surface area contributed by atoms with Crippen molar-refractivity contribution in [3.05, 3.63) is 92.9 Å². The molecule has 0 amide bonds. The minimum Gasteiger partial charge on any atom is -0.506 e. The van der Waals surface area contributed by atoms with Gasteiger partial charge in [0, 0.05) is 5.57 Å². The number of phenols is 1. The maximum absolute atomic E-state index is 13.2. The van der Waals surface area contributed by atoms with Gasteiger partial charge >= 0.3 is 5.97 Å². The van der Waals surface area contributed by atoms with Crippen molar-refractivity contribution >= 4 is 97.3 Å². The van der Waals surface area contributed by atoms with Crippen LogP contribution in [0.25, 0.3) is 11.6 Å². The highest BCUT2D eigenvalue weighted by Crippen LogP contribution is 2.46. The van der Waals surface area contributed by atoms with E-state index in [9.17, 15) is 15.0 Å². The van der Waals surface area contributed by atoms with Crippen molar-refractivity contribution in [3.63, 3.8) is 0 Å². The molecule has 0 saturated heterocycles. The molecule has 192 valence electrons. The van der Waals surface area contributed by atoms with Gasteiger partial charge in [0.2, 0.25) is 0 Å². The number of phenolic OH excluding ortho intramolecular Hbond substituents is 1. The van der Waals surface area contributed by atoms with Crippen molar-refractivity contribution in [1.29, 1.82) is 0 Å². The SMILES string of the molecule is COc1ccc(C=C2OC(=O)C([C@@H](O)c3cc(Br)c(OC)c(Br)c3)=C2c2cc(Br)c(O)c(Br)c2)cc1Br. The normalized spacial score (nSPS) is 15.2. The van der Waals surface area contributed by atoms with Crippen LogP contribution in [0.15, 0.2) is 76.2 Å². The zero-order chi connectivity index (χ0) is 27.0. The van der Waals surface area contributed by atoms with Crippen molar-refractivity contribution in [1.82, 2.24) is 0 Å². The van der Waals surface area contributed by atoms with Crippen molar-refractivity contribution < 1.29 is 29.2 Å². The maximum atomic E-state index is 13.2. The Labute approximate surface area is 255 Å². The second-order valence-electron chi connectivity index (χ2n) is 7.79. The van der Waals surface area contributed by atoms with Crippen molar-refractivity contribution in [2.75, 3.05) is 14.2 Å². The topological polar surface area (TPSA) is 85.2 Å². The molecule has 2 N–H and O–H groups in total. The van der Waals surface area contributed by atoms with Crippen LogP contribution in [0.3, 0.4) is 0 Å². The van der Waals surface area contributed by atoms with Crippen LogP contribution in [0.4, 0.5) is 0 Å². The first-order chi connectivity index (χ1) is 17.5. The molecular formula is C26H17Br5O6. The average Bonchev–Trinajstić information content (AvgIpc) is 3.16. The molecule has 0 unspecified atom stereocenters. The number of aromatic hydroxyl groups is 1. The Kier molecular flexibility index (Phi) is 8.92. The molecule has 1 aliphatic heterocycles. The lowest BCUT2D eigenvalue weighted by atomic mass is 9.92. The van der Waals surface area contributed by atoms with E-state index < -0.39 is 12.1 Å². The van der Waals surface area contributed by atoms with Gasteiger partial charge in [0.05, 0.1) is 42.2 Å². The first kappa shape index (κ1) is 28.4. The molecule has 37 heavy (non-hydrogen) atoms. The van der Waals surface area contributed by atoms with Gasteiger partial charge < -0.3 is 24.4 Å². The van der Waals surface area contributed by atoms with Gasteiger partial charge in [-0.05, 0) is 139 Å². The molecule has 3 aromatic rings. The van der Waals surface area contributed by atoms with Gasteiger partial charge in [-0.25, -0.2) is 4.79 Å². The number of halogens is 5. The Hall–Kier alpha value is -1.63. The Balaban J connectivity index is 1.94. The number of carbonyl (C=O) groups is 1. The number of aliphatic hydroxyl groups is 1. The van der Waals surface area contributed by atoms with Crippen LogP contribution in [0.5, 0.6) is 17.2 Å². The van der Waals surface area contributed by atoms with Crippen LogP contribution in [0.1, 0.15) is 22.8 Å². The van der Waals surface area contributed by atoms with E-state index in [1.54, 1.807) is 43.5 Å². The van der Waals surface area contributed by atoms with E-state index in [0.29, 0.717) is 46.1 Å². The highest BCUT2D eigenvalue weighted by molar-refractivity contribution is 9.11. The zero-order valence-corrected chi connectivity index (χ0v) is 27.0. The number of allylic oxidation sites excluding steroid dienone is 1. The highest BCUT2D eigenvalue weighted by atomic mass is 79.9. The molecule has 11 heteroatoms. The summed E-state index contributed by atoms with van der Waals surface area (Å²) in [7, 11) is 3.10. The van der Waals surface area contributed by atoms with Crippen LogP contribution >= 0.6 is 79.6 Å². The summed E-state index contributed by atoms with van der Waals surface area (Å²) in [6.45, 7) is 0. The van der Waals surface area contributed by atoms with E-state index in [0.717, 1.165) is 10.0 Å². The van der Waals surface area contributed by atoms with Crippen LogP contribution < -0.4 is 9.47 Å². The molecule has 0 radical (unpaired) electrons. The monoisotopic (exact) mass is 820 g/mol. The number of hydrogen-bond donors (Lipinski definition) is 2. The summed E-state index contributed by atoms with van der Waals surface area (Å²) in [6, 6.07) is 12.1. The molecule has 1 atom stereocenters. The predicted molar refractivity (Wildman–Crippen MR) is 159 cm³/mol. The number of aliphatic hydroxyl groups excluding tert-OH is 1. The summed E-state index contributed by atoms with van der Waals surface area (Å²) < 4.78 is 19.1. The number of benzene rings is 3. The summed E-state index contributed by atoms with van der Waals surface area (Å²) in [5.74, 6) is 0.761. The van der Waals surface area contributed by atoms with E-state index in [1.807, 2.05) is 12.1 Å². The van der Waals surface area contributed by atoms with Crippen molar-refractivity contribution in [3.8, 4) is 17.2 Å². The van der Waals surface area contributed by atoms with Crippen LogP contribution in [0.2, 0.25) is 0 Å². The van der Waals surface area contributed by atoms with Gasteiger partial charge in [0.1, 0.15) is 29.1 Å². The minimum atomic E-state index is -1.33. The van der Waals surface area contributed by atoms with Crippen LogP contribution in [-0.2, 0) is 9.53 Å². The number of rotatable bonds is 6. The summed E-state index contributed by atoms with van der Waals surface area (Å²) in [5, 5.41) is 21.7. The van der Waals surface area contributed by atoms with E-state index in [2.05, 4.69) is 79.6 Å². The van der Waals surface area contributed by atoms with Gasteiger partial charge in [-0.2, -0.15) is 0 Å². The van der Waals surface area contributed by atoms with Gasteiger partial charge in [-0.3, -0.25) is 0 Å². The highest BCUT2D eigenvalue weighted by Gasteiger charge is 2.37. The van der Waals surface area contributed by atoms with Crippen molar-refractivity contribution in [2.24, 2.45) is 0 Å². The Morgan fingerprint density at radius 2 is 1.49 bits per heavy atom. The largest absolute Gasteiger partial charge is 0.506 e. The number of esters is 1. The standard InChI is InChI=1S/C26H17Br5O6/c1-35-19-4-3-11(5-14(19)27)6-20-21(12-7-15(28)24(33)16(29)8-12)22(26(34)37-20)23(32)13-9-17(30)25(36-2)18(31)10-13/h3-10,23,32-33H,1-2H3/t23-/m0/s1. The summed E-state index contributed by atoms with van der Waals surface area (Å²) in [4.78, 5) is 13.2. The lowest BCUT2D eigenvalue weighted by Crippen LogP contribution is -2.10. The average molecular weight is 825 g/mol. The lowest BCUT2D eigenvalue weighted by Gasteiger charge is -2.16. The number of cyclic esters (lactones) is 1. The van der Waals surface area contributed by atoms with Gasteiger partial charge in [0.25, 0.3) is 0 Å². The first-order valence-corrected chi connectivity index (χ1v) is 14.4. The second-order valence-corrected chi connectivity index (χ2v) is 12.1. The quantitative estimate of drug-likeness (QED) is 0.244. The molecule has 0 bridgehead atoms. The van der Waals surface area contributed by atoms with E-state index in [1.165, 1.54) is 7.11 Å². The first-order valence-electron chi connectivity index (χ1n) is 10.5. The molecule has 0 fully saturated rings. The van der Waals surface area contributed by atoms with E-state index >= 15 is 0 Å². The molecule has 0 spiro atoms. The van der Waals surface area contributed by atoms with E-state index in [-0.39, 0.29) is 17.1 Å².